The molecule has 32 heavy (non-hydrogen) atoms. The van der Waals surface area contributed by atoms with Crippen LogP contribution in [0.1, 0.15) is 54.4 Å². The van der Waals surface area contributed by atoms with Crippen LogP contribution in [0, 0.1) is 0 Å². The van der Waals surface area contributed by atoms with Crippen molar-refractivity contribution in [1.29, 1.82) is 0 Å². The lowest BCUT2D eigenvalue weighted by atomic mass is 9.96. The molecule has 1 unspecified atom stereocenters. The Hall–Kier alpha value is -1.94. The fraction of sp³-hybridized carbons (Fsp3) is 0.455. The van der Waals surface area contributed by atoms with Crippen LogP contribution in [0.15, 0.2) is 28.5 Å². The van der Waals surface area contributed by atoms with Gasteiger partial charge in [0.15, 0.2) is 6.10 Å². The third-order valence-corrected chi connectivity index (χ3v) is 8.94. The summed E-state index contributed by atoms with van der Waals surface area (Å²) in [5, 5.41) is 4.56. The van der Waals surface area contributed by atoms with E-state index in [-0.39, 0.29) is 15.6 Å². The summed E-state index contributed by atoms with van der Waals surface area (Å²) >= 11 is 7.73. The standard InChI is InChI=1S/C22H27ClN2O5S2/c1-4-25(5-2)32(28,29)15-10-11-18(23)19(12-15)24-21(26)14(3)30-22(27)17-13-31-20-9-7-6-8-16(17)20/h10-14H,4-9H2,1-3H3,(H,24,26). The third kappa shape index (κ3) is 5.17. The van der Waals surface area contributed by atoms with Crippen molar-refractivity contribution in [2.24, 2.45) is 0 Å². The molecule has 0 bridgehead atoms. The van der Waals surface area contributed by atoms with Gasteiger partial charge in [0.25, 0.3) is 5.91 Å². The molecule has 174 valence electrons. The molecule has 2 aromatic rings. The predicted molar refractivity (Wildman–Crippen MR) is 126 cm³/mol. The van der Waals surface area contributed by atoms with Gasteiger partial charge in [0, 0.05) is 23.3 Å². The first-order valence-electron chi connectivity index (χ1n) is 10.6. The van der Waals surface area contributed by atoms with E-state index in [1.165, 1.54) is 34.3 Å². The van der Waals surface area contributed by atoms with E-state index < -0.39 is 28.0 Å². The second-order valence-electron chi connectivity index (χ2n) is 7.53. The number of thiophene rings is 1. The van der Waals surface area contributed by atoms with Gasteiger partial charge in [-0.15, -0.1) is 11.3 Å². The van der Waals surface area contributed by atoms with E-state index in [4.69, 9.17) is 16.3 Å². The van der Waals surface area contributed by atoms with Crippen LogP contribution in [0.5, 0.6) is 0 Å². The van der Waals surface area contributed by atoms with Crippen molar-refractivity contribution in [2.45, 2.75) is 57.5 Å². The van der Waals surface area contributed by atoms with Gasteiger partial charge in [-0.1, -0.05) is 25.4 Å². The van der Waals surface area contributed by atoms with Crippen molar-refractivity contribution in [2.75, 3.05) is 18.4 Å². The predicted octanol–water partition coefficient (Wildman–Crippen LogP) is 4.49. The highest BCUT2D eigenvalue weighted by Gasteiger charge is 2.26. The lowest BCUT2D eigenvalue weighted by Gasteiger charge is -2.20. The molecule has 1 aliphatic carbocycles. The third-order valence-electron chi connectivity index (χ3n) is 5.47. The summed E-state index contributed by atoms with van der Waals surface area (Å²) in [6, 6.07) is 4.13. The highest BCUT2D eigenvalue weighted by Crippen LogP contribution is 2.31. The number of esters is 1. The van der Waals surface area contributed by atoms with E-state index in [2.05, 4.69) is 5.32 Å². The number of fused-ring (bicyclic) bond motifs is 1. The molecule has 1 heterocycles. The number of carbonyl (C=O) groups excluding carboxylic acids is 2. The summed E-state index contributed by atoms with van der Waals surface area (Å²) in [7, 11) is -3.71. The minimum Gasteiger partial charge on any atom is -0.449 e. The number of benzene rings is 1. The molecule has 0 aliphatic heterocycles. The Morgan fingerprint density at radius 2 is 1.91 bits per heavy atom. The average Bonchev–Trinajstić information content (AvgIpc) is 3.20. The quantitative estimate of drug-likeness (QED) is 0.541. The summed E-state index contributed by atoms with van der Waals surface area (Å²) in [5.41, 5.74) is 1.69. The van der Waals surface area contributed by atoms with Crippen molar-refractivity contribution in [1.82, 2.24) is 4.31 Å². The van der Waals surface area contributed by atoms with Crippen LogP contribution in [-0.4, -0.2) is 43.8 Å². The van der Waals surface area contributed by atoms with E-state index in [1.54, 1.807) is 30.6 Å². The van der Waals surface area contributed by atoms with Crippen molar-refractivity contribution in [3.63, 3.8) is 0 Å². The first kappa shape index (κ1) is 24.7. The van der Waals surface area contributed by atoms with Crippen LogP contribution in [0.25, 0.3) is 0 Å². The number of nitrogens with one attached hydrogen (secondary N) is 1. The van der Waals surface area contributed by atoms with E-state index in [0.717, 1.165) is 31.2 Å². The van der Waals surface area contributed by atoms with Crippen LogP contribution in [0.4, 0.5) is 5.69 Å². The second-order valence-corrected chi connectivity index (χ2v) is 10.8. The number of nitrogens with zero attached hydrogens (tertiary/aromatic N) is 1. The van der Waals surface area contributed by atoms with Crippen LogP contribution >= 0.6 is 22.9 Å². The number of carbonyl (C=O) groups is 2. The highest BCUT2D eigenvalue weighted by atomic mass is 35.5. The summed E-state index contributed by atoms with van der Waals surface area (Å²) in [6.07, 6.45) is 2.87. The van der Waals surface area contributed by atoms with Gasteiger partial charge in [0.1, 0.15) is 0 Å². The number of halogens is 1. The number of aryl methyl sites for hydroxylation is 1. The molecule has 3 rings (SSSR count). The molecule has 1 aliphatic rings. The maximum atomic E-state index is 12.8. The van der Waals surface area contributed by atoms with Crippen molar-refractivity contribution in [3.8, 4) is 0 Å². The van der Waals surface area contributed by atoms with Crippen LogP contribution in [0.2, 0.25) is 5.02 Å². The molecule has 0 saturated carbocycles. The first-order chi connectivity index (χ1) is 15.2. The maximum Gasteiger partial charge on any atom is 0.340 e. The Morgan fingerprint density at radius 1 is 1.22 bits per heavy atom. The largest absolute Gasteiger partial charge is 0.449 e. The summed E-state index contributed by atoms with van der Waals surface area (Å²) in [6.45, 7) is 5.61. The molecule has 0 fully saturated rings. The molecule has 10 heteroatoms. The fourth-order valence-corrected chi connectivity index (χ4v) is 6.41. The molecular weight excluding hydrogens is 472 g/mol. The van der Waals surface area contributed by atoms with E-state index in [9.17, 15) is 18.0 Å². The number of anilines is 1. The van der Waals surface area contributed by atoms with Crippen LogP contribution < -0.4 is 5.32 Å². The zero-order valence-electron chi connectivity index (χ0n) is 18.3. The van der Waals surface area contributed by atoms with Gasteiger partial charge in [0.2, 0.25) is 10.0 Å². The molecule has 7 nitrogen and oxygen atoms in total. The summed E-state index contributed by atoms with van der Waals surface area (Å²) < 4.78 is 32.3. The number of rotatable bonds is 8. The molecule has 1 aromatic carbocycles. The smallest absolute Gasteiger partial charge is 0.340 e. The van der Waals surface area contributed by atoms with Crippen molar-refractivity contribution in [3.05, 3.63) is 44.6 Å². The van der Waals surface area contributed by atoms with Crippen molar-refractivity contribution < 1.29 is 22.7 Å². The highest BCUT2D eigenvalue weighted by molar-refractivity contribution is 7.89. The van der Waals surface area contributed by atoms with Gasteiger partial charge in [-0.25, -0.2) is 13.2 Å². The number of sulfonamides is 1. The fourth-order valence-electron chi connectivity index (χ4n) is 3.65. The number of hydrogen-bond donors (Lipinski definition) is 1. The zero-order chi connectivity index (χ0) is 23.5. The molecule has 0 radical (unpaired) electrons. The topological polar surface area (TPSA) is 92.8 Å². The van der Waals surface area contributed by atoms with Crippen molar-refractivity contribution >= 4 is 50.5 Å². The minimum atomic E-state index is -3.71. The van der Waals surface area contributed by atoms with E-state index >= 15 is 0 Å². The Balaban J connectivity index is 1.72. The second kappa shape index (κ2) is 10.3. The Labute approximate surface area is 197 Å². The van der Waals surface area contributed by atoms with E-state index in [1.807, 2.05) is 0 Å². The van der Waals surface area contributed by atoms with Gasteiger partial charge in [0.05, 0.1) is 21.2 Å². The summed E-state index contributed by atoms with van der Waals surface area (Å²) in [5.74, 6) is -1.13. The Bertz CT molecular complexity index is 1110. The summed E-state index contributed by atoms with van der Waals surface area (Å²) in [4.78, 5) is 26.5. The van der Waals surface area contributed by atoms with Gasteiger partial charge in [-0.05, 0) is 56.4 Å². The average molecular weight is 499 g/mol. The number of hydrogen-bond acceptors (Lipinski definition) is 6. The van der Waals surface area contributed by atoms with Gasteiger partial charge in [-0.3, -0.25) is 4.79 Å². The van der Waals surface area contributed by atoms with Gasteiger partial charge >= 0.3 is 5.97 Å². The monoisotopic (exact) mass is 498 g/mol. The maximum absolute atomic E-state index is 12.8. The SMILES string of the molecule is CCN(CC)S(=O)(=O)c1ccc(Cl)c(NC(=O)C(C)OC(=O)c2csc3c2CCCC3)c1. The Kier molecular flexibility index (Phi) is 7.97. The normalized spacial score (nSPS) is 14.7. The van der Waals surface area contributed by atoms with E-state index in [0.29, 0.717) is 18.7 Å². The number of ether oxygens (including phenoxy) is 1. The number of amides is 1. The molecule has 0 saturated heterocycles. The minimum absolute atomic E-state index is 0.0236. The zero-order valence-corrected chi connectivity index (χ0v) is 20.7. The molecule has 1 N–H and O–H groups in total. The lowest BCUT2D eigenvalue weighted by molar-refractivity contribution is -0.123. The Morgan fingerprint density at radius 3 is 2.59 bits per heavy atom. The van der Waals surface area contributed by atoms with Gasteiger partial charge in [-0.2, -0.15) is 4.31 Å². The molecule has 1 amide bonds. The lowest BCUT2D eigenvalue weighted by Crippen LogP contribution is -2.31. The van der Waals surface area contributed by atoms with Crippen LogP contribution in [-0.2, 0) is 32.4 Å². The van der Waals surface area contributed by atoms with Gasteiger partial charge < -0.3 is 10.1 Å². The molecule has 1 atom stereocenters. The molecular formula is C22H27ClN2O5S2. The van der Waals surface area contributed by atoms with Crippen LogP contribution in [0.3, 0.4) is 0 Å². The molecule has 0 spiro atoms. The molecule has 1 aromatic heterocycles. The first-order valence-corrected chi connectivity index (χ1v) is 13.3.